The van der Waals surface area contributed by atoms with Crippen molar-refractivity contribution in [3.8, 4) is 0 Å². The predicted molar refractivity (Wildman–Crippen MR) is 92.7 cm³/mol. The van der Waals surface area contributed by atoms with E-state index in [2.05, 4.69) is 5.32 Å². The topological polar surface area (TPSA) is 83.5 Å². The number of carbonyl (C=O) groups excluding carboxylic acids is 1. The number of aliphatic carboxylic acids is 1. The van der Waals surface area contributed by atoms with Crippen molar-refractivity contribution in [2.45, 2.75) is 23.5 Å². The molecule has 0 aliphatic carbocycles. The van der Waals surface area contributed by atoms with Crippen LogP contribution < -0.4 is 5.32 Å². The van der Waals surface area contributed by atoms with E-state index in [9.17, 15) is 32.1 Å². The Balaban J connectivity index is 2.00. The highest BCUT2D eigenvalue weighted by molar-refractivity contribution is 7.85. The average Bonchev–Trinajstić information content (AvgIpc) is 2.64. The Morgan fingerprint density at radius 3 is 2.15 bits per heavy atom. The number of nitrogens with one attached hydrogen (secondary N) is 1. The Bertz CT molecular complexity index is 823. The van der Waals surface area contributed by atoms with E-state index in [1.807, 2.05) is 0 Å². The minimum Gasteiger partial charge on any atom is -0.480 e. The number of hydrogen-bond donors (Lipinski definition) is 2. The molecule has 0 aromatic heterocycles. The molecule has 0 saturated heterocycles. The van der Waals surface area contributed by atoms with Crippen LogP contribution in [0.3, 0.4) is 0 Å². The van der Waals surface area contributed by atoms with Gasteiger partial charge in [0, 0.05) is 16.2 Å². The van der Waals surface area contributed by atoms with Crippen LogP contribution in [0.4, 0.5) is 13.2 Å². The van der Waals surface area contributed by atoms with Gasteiger partial charge in [0.2, 0.25) is 0 Å². The number of carboxylic acids is 1. The van der Waals surface area contributed by atoms with Gasteiger partial charge in [0.25, 0.3) is 5.91 Å². The zero-order valence-corrected chi connectivity index (χ0v) is 14.7. The molecule has 0 heterocycles. The minimum atomic E-state index is -4.53. The first-order valence-corrected chi connectivity index (χ1v) is 9.14. The van der Waals surface area contributed by atoms with Gasteiger partial charge >= 0.3 is 12.1 Å². The Morgan fingerprint density at radius 2 is 1.63 bits per heavy atom. The van der Waals surface area contributed by atoms with Gasteiger partial charge in [-0.2, -0.15) is 13.2 Å². The highest BCUT2D eigenvalue weighted by Gasteiger charge is 2.30. The van der Waals surface area contributed by atoms with E-state index in [4.69, 9.17) is 0 Å². The van der Waals surface area contributed by atoms with Crippen LogP contribution in [-0.4, -0.2) is 33.0 Å². The zero-order chi connectivity index (χ0) is 20.0. The van der Waals surface area contributed by atoms with Crippen LogP contribution in [0.25, 0.3) is 0 Å². The molecule has 2 atom stereocenters. The van der Waals surface area contributed by atoms with Crippen LogP contribution in [0.15, 0.2) is 59.5 Å². The minimum absolute atomic E-state index is 0.00821. The molecule has 2 rings (SSSR count). The maximum atomic E-state index is 12.5. The smallest absolute Gasteiger partial charge is 0.416 e. The number of benzene rings is 2. The van der Waals surface area contributed by atoms with Crippen LogP contribution >= 0.6 is 0 Å². The van der Waals surface area contributed by atoms with Crippen LogP contribution in [0.5, 0.6) is 0 Å². The van der Waals surface area contributed by atoms with Gasteiger partial charge in [0.05, 0.1) is 16.4 Å². The Kier molecular flexibility index (Phi) is 6.73. The largest absolute Gasteiger partial charge is 0.480 e. The summed E-state index contributed by atoms with van der Waals surface area (Å²) in [6, 6.07) is 10.6. The molecule has 0 radical (unpaired) electrons. The molecule has 9 heteroatoms. The van der Waals surface area contributed by atoms with Crippen molar-refractivity contribution in [1.82, 2.24) is 5.32 Å². The van der Waals surface area contributed by atoms with Crippen LogP contribution in [0, 0.1) is 0 Å². The van der Waals surface area contributed by atoms with Gasteiger partial charge in [-0.1, -0.05) is 18.2 Å². The number of rotatable bonds is 7. The molecule has 0 bridgehead atoms. The summed E-state index contributed by atoms with van der Waals surface area (Å²) in [6.45, 7) is 0. The Labute approximate surface area is 155 Å². The second-order valence-corrected chi connectivity index (χ2v) is 7.16. The standard InChI is InChI=1S/C18H16F3NO4S/c19-18(20,21)13-8-6-12(7-9-13)16(23)22-15(17(24)25)10-11-27(26)14-4-2-1-3-5-14/h1-9,15H,10-11H2,(H,22,23)(H,24,25)/t15-,27-/m0/s1. The third-order valence-electron chi connectivity index (χ3n) is 3.68. The normalized spacial score (nSPS) is 13.6. The third-order valence-corrected chi connectivity index (χ3v) is 5.08. The summed E-state index contributed by atoms with van der Waals surface area (Å²) >= 11 is 0. The van der Waals surface area contributed by atoms with Crippen LogP contribution in [0.2, 0.25) is 0 Å². The van der Waals surface area contributed by atoms with Gasteiger partial charge in [-0.05, 0) is 42.8 Å². The number of carbonyl (C=O) groups is 2. The lowest BCUT2D eigenvalue weighted by Crippen LogP contribution is -2.41. The van der Waals surface area contributed by atoms with Crippen molar-refractivity contribution < 1.29 is 32.1 Å². The van der Waals surface area contributed by atoms with E-state index in [1.54, 1.807) is 30.3 Å². The molecule has 5 nitrogen and oxygen atoms in total. The molecule has 0 aliphatic rings. The summed E-state index contributed by atoms with van der Waals surface area (Å²) in [5, 5.41) is 11.5. The van der Waals surface area contributed by atoms with Crippen molar-refractivity contribution in [2.24, 2.45) is 0 Å². The molecule has 2 aromatic rings. The van der Waals surface area contributed by atoms with E-state index < -0.39 is 40.5 Å². The first kappa shape index (κ1) is 20.6. The highest BCUT2D eigenvalue weighted by Crippen LogP contribution is 2.29. The number of halogens is 3. The van der Waals surface area contributed by atoms with Crippen LogP contribution in [-0.2, 0) is 21.8 Å². The summed E-state index contributed by atoms with van der Waals surface area (Å²) in [7, 11) is -1.43. The van der Waals surface area contributed by atoms with Gasteiger partial charge in [-0.3, -0.25) is 9.00 Å². The quantitative estimate of drug-likeness (QED) is 0.750. The fourth-order valence-electron chi connectivity index (χ4n) is 2.22. The predicted octanol–water partition coefficient (Wildman–Crippen LogP) is 3.09. The van der Waals surface area contributed by atoms with Crippen molar-refractivity contribution in [1.29, 1.82) is 0 Å². The third kappa shape index (κ3) is 5.92. The molecule has 0 unspecified atom stereocenters. The van der Waals surface area contributed by atoms with Crippen molar-refractivity contribution in [2.75, 3.05) is 5.75 Å². The number of carboxylic acid groups (broad SMARTS) is 1. The van der Waals surface area contributed by atoms with Gasteiger partial charge < -0.3 is 10.4 Å². The zero-order valence-electron chi connectivity index (χ0n) is 13.9. The second-order valence-electron chi connectivity index (χ2n) is 5.59. The first-order valence-electron chi connectivity index (χ1n) is 7.83. The highest BCUT2D eigenvalue weighted by atomic mass is 32.2. The van der Waals surface area contributed by atoms with Gasteiger partial charge in [-0.25, -0.2) is 4.79 Å². The van der Waals surface area contributed by atoms with Crippen LogP contribution in [0.1, 0.15) is 22.3 Å². The fraction of sp³-hybridized carbons (Fsp3) is 0.222. The van der Waals surface area contributed by atoms with E-state index in [-0.39, 0.29) is 17.7 Å². The van der Waals surface area contributed by atoms with Gasteiger partial charge in [-0.15, -0.1) is 0 Å². The molecule has 27 heavy (non-hydrogen) atoms. The number of hydrogen-bond acceptors (Lipinski definition) is 3. The van der Waals surface area contributed by atoms with E-state index in [1.165, 1.54) is 0 Å². The fourth-order valence-corrected chi connectivity index (χ4v) is 3.37. The van der Waals surface area contributed by atoms with Gasteiger partial charge in [0.1, 0.15) is 6.04 Å². The number of alkyl halides is 3. The average molecular weight is 399 g/mol. The Hall–Kier alpha value is -2.68. The van der Waals surface area contributed by atoms with Gasteiger partial charge in [0.15, 0.2) is 0 Å². The lowest BCUT2D eigenvalue weighted by molar-refractivity contribution is -0.139. The Morgan fingerprint density at radius 1 is 1.04 bits per heavy atom. The SMILES string of the molecule is O=C(N[C@@H](CC[S@](=O)c1ccccc1)C(=O)O)c1ccc(C(F)(F)F)cc1. The molecule has 2 aromatic carbocycles. The summed E-state index contributed by atoms with van der Waals surface area (Å²) < 4.78 is 49.8. The number of amides is 1. The van der Waals surface area contributed by atoms with E-state index in [0.29, 0.717) is 4.90 Å². The molecule has 144 valence electrons. The maximum Gasteiger partial charge on any atom is 0.416 e. The molecular formula is C18H16F3NO4S. The molecular weight excluding hydrogens is 383 g/mol. The molecule has 2 N–H and O–H groups in total. The van der Waals surface area contributed by atoms with Crippen molar-refractivity contribution in [3.05, 3.63) is 65.7 Å². The summed E-state index contributed by atoms with van der Waals surface area (Å²) in [5.41, 5.74) is -1.01. The van der Waals surface area contributed by atoms with Crippen molar-refractivity contribution in [3.63, 3.8) is 0 Å². The second kappa shape index (κ2) is 8.81. The monoisotopic (exact) mass is 399 g/mol. The molecule has 0 saturated carbocycles. The van der Waals surface area contributed by atoms with E-state index in [0.717, 1.165) is 24.3 Å². The first-order chi connectivity index (χ1) is 12.7. The summed E-state index contributed by atoms with van der Waals surface area (Å²) in [4.78, 5) is 24.0. The van der Waals surface area contributed by atoms with Crippen molar-refractivity contribution >= 4 is 22.7 Å². The molecule has 1 amide bonds. The van der Waals surface area contributed by atoms with E-state index >= 15 is 0 Å². The maximum absolute atomic E-state index is 12.5. The molecule has 0 fully saturated rings. The summed E-state index contributed by atoms with van der Waals surface area (Å²) in [5.74, 6) is -2.13. The lowest BCUT2D eigenvalue weighted by atomic mass is 10.1. The lowest BCUT2D eigenvalue weighted by Gasteiger charge is -2.15. The summed E-state index contributed by atoms with van der Waals surface area (Å²) in [6.07, 6.45) is -4.62. The molecule has 0 aliphatic heterocycles. The molecule has 0 spiro atoms.